The van der Waals surface area contributed by atoms with E-state index < -0.39 is 21.6 Å². The van der Waals surface area contributed by atoms with E-state index in [4.69, 9.17) is 0 Å². The molecule has 1 aliphatic carbocycles. The molecule has 1 amide bonds. The third-order valence-corrected chi connectivity index (χ3v) is 10.3. The zero-order chi connectivity index (χ0) is 29.2. The molecule has 0 spiro atoms. The summed E-state index contributed by atoms with van der Waals surface area (Å²) in [6.07, 6.45) is -0.664. The molecule has 2 N–H and O–H groups in total. The summed E-state index contributed by atoms with van der Waals surface area (Å²) < 4.78 is 66.0. The number of alkyl halides is 3. The maximum Gasteiger partial charge on any atom is 0.416 e. The largest absolute Gasteiger partial charge is 0.416 e. The van der Waals surface area contributed by atoms with Crippen LogP contribution in [0, 0.1) is 5.92 Å². The summed E-state index contributed by atoms with van der Waals surface area (Å²) >= 11 is 1.54. The van der Waals surface area contributed by atoms with Gasteiger partial charge in [-0.2, -0.15) is 13.2 Å². The highest BCUT2D eigenvalue weighted by molar-refractivity contribution is 7.98. The van der Waals surface area contributed by atoms with Crippen LogP contribution in [0.25, 0.3) is 11.0 Å². The van der Waals surface area contributed by atoms with Gasteiger partial charge in [-0.05, 0) is 94.8 Å². The summed E-state index contributed by atoms with van der Waals surface area (Å²) in [5.41, 5.74) is -0.259. The number of nitrogens with zero attached hydrogens (tertiary/aromatic N) is 2. The Hall–Kier alpha value is -2.57. The first-order valence-electron chi connectivity index (χ1n) is 13.2. The fourth-order valence-electron chi connectivity index (χ4n) is 5.30. The molecule has 1 aromatic heterocycles. The van der Waals surface area contributed by atoms with Crippen molar-refractivity contribution in [2.24, 2.45) is 5.92 Å². The van der Waals surface area contributed by atoms with Crippen molar-refractivity contribution in [3.63, 3.8) is 0 Å². The number of halogens is 3. The Morgan fingerprint density at radius 1 is 1.18 bits per heavy atom. The van der Waals surface area contributed by atoms with Crippen LogP contribution in [0.5, 0.6) is 0 Å². The predicted molar refractivity (Wildman–Crippen MR) is 151 cm³/mol. The number of hydrogen-bond acceptors (Lipinski definition) is 6. The third-order valence-electron chi connectivity index (χ3n) is 7.73. The number of thioether (sulfide) groups is 1. The summed E-state index contributed by atoms with van der Waals surface area (Å²) in [4.78, 5) is 23.6. The van der Waals surface area contributed by atoms with Crippen molar-refractivity contribution in [1.82, 2.24) is 20.2 Å². The Labute approximate surface area is 237 Å². The molecule has 218 valence electrons. The van der Waals surface area contributed by atoms with Crippen LogP contribution in [0.3, 0.4) is 0 Å². The average molecular weight is 597 g/mol. The van der Waals surface area contributed by atoms with Gasteiger partial charge in [0.05, 0.1) is 33.7 Å². The van der Waals surface area contributed by atoms with Crippen molar-refractivity contribution in [3.05, 3.63) is 53.9 Å². The lowest BCUT2D eigenvalue weighted by Gasteiger charge is -2.41. The van der Waals surface area contributed by atoms with E-state index in [2.05, 4.69) is 34.0 Å². The first-order chi connectivity index (χ1) is 18.8. The summed E-state index contributed by atoms with van der Waals surface area (Å²) in [6, 6.07) is 10.2. The van der Waals surface area contributed by atoms with Gasteiger partial charge < -0.3 is 15.2 Å². The molecule has 0 saturated heterocycles. The van der Waals surface area contributed by atoms with Gasteiger partial charge in [-0.3, -0.25) is 4.79 Å². The van der Waals surface area contributed by atoms with Crippen molar-refractivity contribution in [2.45, 2.75) is 73.6 Å². The fourth-order valence-corrected chi connectivity index (χ4v) is 7.38. The van der Waals surface area contributed by atoms with E-state index in [1.165, 1.54) is 17.8 Å². The van der Waals surface area contributed by atoms with Gasteiger partial charge in [-0.1, -0.05) is 0 Å². The zero-order valence-electron chi connectivity index (χ0n) is 23.0. The van der Waals surface area contributed by atoms with E-state index in [9.17, 15) is 26.4 Å². The molecule has 1 fully saturated rings. The normalized spacial score (nSPS) is 20.4. The van der Waals surface area contributed by atoms with Crippen LogP contribution in [0.1, 0.15) is 44.5 Å². The Morgan fingerprint density at radius 2 is 1.88 bits per heavy atom. The molecule has 7 nitrogen and oxygen atoms in total. The second kappa shape index (κ2) is 12.1. The first-order valence-corrected chi connectivity index (χ1v) is 16.1. The first kappa shape index (κ1) is 30.4. The lowest BCUT2D eigenvalue weighted by atomic mass is 9.81. The van der Waals surface area contributed by atoms with E-state index in [-0.39, 0.29) is 52.3 Å². The van der Waals surface area contributed by atoms with E-state index in [1.807, 2.05) is 13.3 Å². The third kappa shape index (κ3) is 7.19. The number of carbonyl (C=O) groups is 1. The summed E-state index contributed by atoms with van der Waals surface area (Å²) in [5.74, 6) is -0.510. The predicted octanol–water partition coefficient (Wildman–Crippen LogP) is 5.31. The molecule has 3 aromatic rings. The summed E-state index contributed by atoms with van der Waals surface area (Å²) in [7, 11) is -1.57. The van der Waals surface area contributed by atoms with Gasteiger partial charge in [0.15, 0.2) is 9.84 Å². The van der Waals surface area contributed by atoms with Gasteiger partial charge in [0, 0.05) is 23.0 Å². The van der Waals surface area contributed by atoms with Crippen LogP contribution in [0.4, 0.5) is 13.2 Å². The minimum Gasteiger partial charge on any atom is -0.353 e. The molecule has 0 aliphatic heterocycles. The number of sulfone groups is 1. The Bertz CT molecular complexity index is 1440. The minimum absolute atomic E-state index is 0.0934. The molecular formula is C28H35F3N4O3S2. The monoisotopic (exact) mass is 596 g/mol. The Kier molecular flexibility index (Phi) is 9.21. The van der Waals surface area contributed by atoms with E-state index in [1.54, 1.807) is 24.3 Å². The lowest BCUT2D eigenvalue weighted by Crippen LogP contribution is -2.51. The standard InChI is InChI=1S/C28H35F3N4O3S2/c1-17(2)35(3)20-6-12-23(18(13-20)16-40(37,38)22-9-7-21(39-4)8-10-22)34-27(36)15-26-32-24-11-5-19(28(29,30)31)14-25(24)33-26/h5,7-11,14,17-18,20,23H,6,12-13,15-16H2,1-4H3,(H,32,33)(H,34,36)/t18-,20+,23+/m1/s1. The molecule has 0 unspecified atom stereocenters. The molecule has 1 heterocycles. The van der Waals surface area contributed by atoms with Gasteiger partial charge in [-0.25, -0.2) is 13.4 Å². The number of aromatic nitrogens is 2. The SMILES string of the molecule is CSc1ccc(S(=O)(=O)C[C@H]2C[C@@H](N(C)C(C)C)CC[C@@H]2NC(=O)Cc2nc3ccc(C(F)(F)F)cc3[nH]2)cc1. The minimum atomic E-state index is -4.48. The number of rotatable bonds is 9. The van der Waals surface area contributed by atoms with Crippen molar-refractivity contribution >= 4 is 38.5 Å². The number of hydrogen-bond donors (Lipinski definition) is 2. The van der Waals surface area contributed by atoms with E-state index >= 15 is 0 Å². The van der Waals surface area contributed by atoms with Crippen LogP contribution < -0.4 is 5.32 Å². The molecule has 2 aromatic carbocycles. The topological polar surface area (TPSA) is 95.2 Å². The van der Waals surface area contributed by atoms with Crippen LogP contribution in [-0.2, 0) is 27.2 Å². The summed E-state index contributed by atoms with van der Waals surface area (Å²) in [6.45, 7) is 4.19. The quantitative estimate of drug-likeness (QED) is 0.325. The fraction of sp³-hybridized carbons (Fsp3) is 0.500. The number of benzene rings is 2. The highest BCUT2D eigenvalue weighted by Gasteiger charge is 2.37. The van der Waals surface area contributed by atoms with Gasteiger partial charge >= 0.3 is 6.18 Å². The van der Waals surface area contributed by atoms with Gasteiger partial charge in [-0.15, -0.1) is 11.8 Å². The van der Waals surface area contributed by atoms with Crippen molar-refractivity contribution in [2.75, 3.05) is 19.1 Å². The van der Waals surface area contributed by atoms with Crippen molar-refractivity contribution in [3.8, 4) is 0 Å². The number of imidazole rings is 1. The molecule has 1 aliphatic rings. The maximum atomic E-state index is 13.4. The van der Waals surface area contributed by atoms with Gasteiger partial charge in [0.25, 0.3) is 0 Å². The smallest absolute Gasteiger partial charge is 0.353 e. The average Bonchev–Trinajstić information content (AvgIpc) is 3.30. The lowest BCUT2D eigenvalue weighted by molar-refractivity contribution is -0.137. The van der Waals surface area contributed by atoms with Crippen LogP contribution in [0.15, 0.2) is 52.3 Å². The number of aromatic amines is 1. The molecule has 0 bridgehead atoms. The van der Waals surface area contributed by atoms with Crippen LogP contribution in [-0.4, -0.2) is 66.4 Å². The highest BCUT2D eigenvalue weighted by Crippen LogP contribution is 2.33. The molecule has 3 atom stereocenters. The maximum absolute atomic E-state index is 13.4. The highest BCUT2D eigenvalue weighted by atomic mass is 32.2. The second-order valence-electron chi connectivity index (χ2n) is 10.7. The molecule has 0 radical (unpaired) electrons. The molecular weight excluding hydrogens is 561 g/mol. The van der Waals surface area contributed by atoms with Crippen LogP contribution in [0.2, 0.25) is 0 Å². The van der Waals surface area contributed by atoms with Crippen molar-refractivity contribution in [1.29, 1.82) is 0 Å². The summed E-state index contributed by atoms with van der Waals surface area (Å²) in [5, 5.41) is 3.01. The van der Waals surface area contributed by atoms with Gasteiger partial charge in [0.1, 0.15) is 5.82 Å². The number of H-pyrrole nitrogens is 1. The molecule has 4 rings (SSSR count). The van der Waals surface area contributed by atoms with Gasteiger partial charge in [0.2, 0.25) is 5.91 Å². The zero-order valence-corrected chi connectivity index (χ0v) is 24.6. The van der Waals surface area contributed by atoms with Crippen LogP contribution >= 0.6 is 11.8 Å². The number of fused-ring (bicyclic) bond motifs is 1. The number of carbonyl (C=O) groups excluding carboxylic acids is 1. The molecule has 1 saturated carbocycles. The van der Waals surface area contributed by atoms with E-state index in [0.29, 0.717) is 24.4 Å². The molecule has 40 heavy (non-hydrogen) atoms. The van der Waals surface area contributed by atoms with E-state index in [0.717, 1.165) is 23.4 Å². The number of amides is 1. The second-order valence-corrected chi connectivity index (χ2v) is 13.6. The Morgan fingerprint density at radius 3 is 2.50 bits per heavy atom. The number of nitrogens with one attached hydrogen (secondary N) is 2. The Balaban J connectivity index is 1.50. The van der Waals surface area contributed by atoms with Crippen molar-refractivity contribution < 1.29 is 26.4 Å². The molecule has 12 heteroatoms.